The Labute approximate surface area is 98.9 Å². The first-order valence-electron chi connectivity index (χ1n) is 6.15. The van der Waals surface area contributed by atoms with Crippen LogP contribution in [0.5, 0.6) is 0 Å². The van der Waals surface area contributed by atoms with Gasteiger partial charge in [-0.05, 0) is 31.5 Å². The minimum Gasteiger partial charge on any atom is -0.360 e. The number of hydrogen-bond donors (Lipinski definition) is 1. The maximum absolute atomic E-state index is 4.63. The van der Waals surface area contributed by atoms with Gasteiger partial charge >= 0.3 is 0 Å². The van der Waals surface area contributed by atoms with Crippen LogP contribution >= 0.6 is 0 Å². The molecule has 0 spiro atoms. The van der Waals surface area contributed by atoms with E-state index in [2.05, 4.69) is 54.3 Å². The summed E-state index contributed by atoms with van der Waals surface area (Å²) in [7, 11) is 2.09. The van der Waals surface area contributed by atoms with E-state index in [9.17, 15) is 0 Å². The smallest absolute Gasteiger partial charge is 0.128 e. The lowest BCUT2D eigenvalue weighted by atomic mass is 10.3. The van der Waals surface area contributed by atoms with E-state index >= 15 is 0 Å². The molecule has 1 aromatic heterocycles. The molecule has 0 aliphatic heterocycles. The number of hydrogen-bond acceptors (Lipinski definition) is 3. The van der Waals surface area contributed by atoms with E-state index in [0.29, 0.717) is 0 Å². The van der Waals surface area contributed by atoms with Crippen molar-refractivity contribution in [2.24, 2.45) is 0 Å². The fourth-order valence-corrected chi connectivity index (χ4v) is 1.62. The van der Waals surface area contributed by atoms with Crippen LogP contribution in [0.15, 0.2) is 18.2 Å². The van der Waals surface area contributed by atoms with Gasteiger partial charge in [0.15, 0.2) is 0 Å². The van der Waals surface area contributed by atoms with Crippen LogP contribution in [0.25, 0.3) is 0 Å². The van der Waals surface area contributed by atoms with Gasteiger partial charge in [-0.15, -0.1) is 0 Å². The van der Waals surface area contributed by atoms with E-state index < -0.39 is 0 Å². The molecule has 0 bridgehead atoms. The Hall–Kier alpha value is -1.09. The minimum absolute atomic E-state index is 0.863. The molecule has 1 heterocycles. The van der Waals surface area contributed by atoms with Crippen LogP contribution in [0, 0.1) is 0 Å². The molecule has 1 aromatic rings. The molecule has 0 saturated carbocycles. The molecule has 1 N–H and O–H groups in total. The summed E-state index contributed by atoms with van der Waals surface area (Å²) in [5, 5.41) is 3.37. The number of anilines is 1. The van der Waals surface area contributed by atoms with Gasteiger partial charge in [-0.25, -0.2) is 4.98 Å². The van der Waals surface area contributed by atoms with Gasteiger partial charge in [-0.2, -0.15) is 0 Å². The van der Waals surface area contributed by atoms with E-state index in [4.69, 9.17) is 0 Å². The van der Waals surface area contributed by atoms with Crippen LogP contribution in [0.3, 0.4) is 0 Å². The van der Waals surface area contributed by atoms with Crippen molar-refractivity contribution in [2.75, 3.05) is 25.0 Å². The molecule has 0 fully saturated rings. The van der Waals surface area contributed by atoms with E-state index in [1.54, 1.807) is 0 Å². The molecule has 16 heavy (non-hydrogen) atoms. The summed E-state index contributed by atoms with van der Waals surface area (Å²) >= 11 is 0. The Morgan fingerprint density at radius 2 is 2.06 bits per heavy atom. The predicted molar refractivity (Wildman–Crippen MR) is 69.8 cm³/mol. The zero-order valence-corrected chi connectivity index (χ0v) is 10.7. The Kier molecular flexibility index (Phi) is 5.86. The summed E-state index contributed by atoms with van der Waals surface area (Å²) in [6, 6.07) is 6.22. The fourth-order valence-electron chi connectivity index (χ4n) is 1.62. The predicted octanol–water partition coefficient (Wildman–Crippen LogP) is 2.43. The summed E-state index contributed by atoms with van der Waals surface area (Å²) in [5.74, 6) is 1.07. The molecule has 0 aliphatic rings. The molecule has 0 aromatic carbocycles. The second kappa shape index (κ2) is 7.23. The van der Waals surface area contributed by atoms with E-state index in [0.717, 1.165) is 44.0 Å². The second-order valence-corrected chi connectivity index (χ2v) is 4.09. The highest BCUT2D eigenvalue weighted by Gasteiger charge is 2.01. The van der Waals surface area contributed by atoms with Crippen molar-refractivity contribution >= 4 is 5.82 Å². The number of pyridine rings is 1. The van der Waals surface area contributed by atoms with Gasteiger partial charge in [0.25, 0.3) is 0 Å². The van der Waals surface area contributed by atoms with Crippen LogP contribution in [0.1, 0.15) is 32.4 Å². The third kappa shape index (κ3) is 4.19. The van der Waals surface area contributed by atoms with Crippen LogP contribution < -0.4 is 10.2 Å². The quantitative estimate of drug-likeness (QED) is 0.717. The summed E-state index contributed by atoms with van der Waals surface area (Å²) in [6.07, 6.45) is 2.31. The summed E-state index contributed by atoms with van der Waals surface area (Å²) < 4.78 is 0. The summed E-state index contributed by atoms with van der Waals surface area (Å²) in [4.78, 5) is 6.82. The third-order valence-electron chi connectivity index (χ3n) is 2.48. The molecule has 0 aliphatic carbocycles. The van der Waals surface area contributed by atoms with Crippen LogP contribution in [-0.2, 0) is 6.54 Å². The third-order valence-corrected chi connectivity index (χ3v) is 2.48. The Balaban J connectivity index is 2.56. The first-order valence-corrected chi connectivity index (χ1v) is 6.15. The molecule has 1 rings (SSSR count). The molecular weight excluding hydrogens is 198 g/mol. The van der Waals surface area contributed by atoms with Crippen molar-refractivity contribution in [3.05, 3.63) is 23.9 Å². The number of aromatic nitrogens is 1. The molecular formula is C13H23N3. The number of nitrogens with zero attached hydrogens (tertiary/aromatic N) is 2. The zero-order valence-electron chi connectivity index (χ0n) is 10.7. The first-order chi connectivity index (χ1) is 7.77. The zero-order chi connectivity index (χ0) is 11.8. The van der Waals surface area contributed by atoms with E-state index in [-0.39, 0.29) is 0 Å². The highest BCUT2D eigenvalue weighted by atomic mass is 15.2. The van der Waals surface area contributed by atoms with Crippen molar-refractivity contribution in [2.45, 2.75) is 33.2 Å². The molecule has 90 valence electrons. The van der Waals surface area contributed by atoms with E-state index in [1.807, 2.05) is 0 Å². The summed E-state index contributed by atoms with van der Waals surface area (Å²) in [5.41, 5.74) is 1.12. The second-order valence-electron chi connectivity index (χ2n) is 4.09. The van der Waals surface area contributed by atoms with E-state index in [1.165, 1.54) is 0 Å². The fraction of sp³-hybridized carbons (Fsp3) is 0.615. The first kappa shape index (κ1) is 13.0. The Morgan fingerprint density at radius 1 is 1.25 bits per heavy atom. The normalized spacial score (nSPS) is 10.4. The van der Waals surface area contributed by atoms with Crippen LogP contribution in [0.4, 0.5) is 5.82 Å². The van der Waals surface area contributed by atoms with Crippen molar-refractivity contribution in [1.82, 2.24) is 10.3 Å². The highest BCUT2D eigenvalue weighted by Crippen LogP contribution is 2.09. The van der Waals surface area contributed by atoms with Gasteiger partial charge in [0, 0.05) is 20.1 Å². The molecule has 0 unspecified atom stereocenters. The summed E-state index contributed by atoms with van der Waals surface area (Å²) in [6.45, 7) is 7.33. The van der Waals surface area contributed by atoms with Gasteiger partial charge in [0.2, 0.25) is 0 Å². The molecule has 0 radical (unpaired) electrons. The van der Waals surface area contributed by atoms with Gasteiger partial charge in [0.05, 0.1) is 5.69 Å². The highest BCUT2D eigenvalue weighted by molar-refractivity contribution is 5.38. The van der Waals surface area contributed by atoms with Crippen molar-refractivity contribution in [3.8, 4) is 0 Å². The lowest BCUT2D eigenvalue weighted by Gasteiger charge is -2.17. The van der Waals surface area contributed by atoms with Gasteiger partial charge in [0.1, 0.15) is 5.82 Å². The SMILES string of the molecule is CCCNCc1cccc(N(C)CCC)n1. The number of rotatable bonds is 7. The monoisotopic (exact) mass is 221 g/mol. The molecule has 3 nitrogen and oxygen atoms in total. The molecule has 0 saturated heterocycles. The van der Waals surface area contributed by atoms with Crippen molar-refractivity contribution in [1.29, 1.82) is 0 Å². The lowest BCUT2D eigenvalue weighted by Crippen LogP contribution is -2.20. The Morgan fingerprint density at radius 3 is 2.75 bits per heavy atom. The molecule has 0 amide bonds. The van der Waals surface area contributed by atoms with Crippen LogP contribution in [-0.4, -0.2) is 25.1 Å². The largest absolute Gasteiger partial charge is 0.360 e. The minimum atomic E-state index is 0.863. The van der Waals surface area contributed by atoms with Crippen molar-refractivity contribution < 1.29 is 0 Å². The maximum Gasteiger partial charge on any atom is 0.128 e. The van der Waals surface area contributed by atoms with Gasteiger partial charge in [-0.1, -0.05) is 19.9 Å². The average Bonchev–Trinajstić information content (AvgIpc) is 2.30. The maximum atomic E-state index is 4.63. The van der Waals surface area contributed by atoms with Gasteiger partial charge in [-0.3, -0.25) is 0 Å². The molecule has 3 heteroatoms. The lowest BCUT2D eigenvalue weighted by molar-refractivity contribution is 0.663. The van der Waals surface area contributed by atoms with Crippen LogP contribution in [0.2, 0.25) is 0 Å². The standard InChI is InChI=1S/C13H23N3/c1-4-9-14-11-12-7-6-8-13(15-12)16(3)10-5-2/h6-8,14H,4-5,9-11H2,1-3H3. The van der Waals surface area contributed by atoms with Gasteiger partial charge < -0.3 is 10.2 Å². The van der Waals surface area contributed by atoms with Crippen molar-refractivity contribution in [3.63, 3.8) is 0 Å². The average molecular weight is 221 g/mol. The topological polar surface area (TPSA) is 28.2 Å². The molecule has 0 atom stereocenters. The Bertz CT molecular complexity index is 299. The number of nitrogens with one attached hydrogen (secondary N) is 1.